The summed E-state index contributed by atoms with van der Waals surface area (Å²) in [5, 5.41) is 18.0. The molecule has 2 aliphatic rings. The van der Waals surface area contributed by atoms with E-state index < -0.39 is 0 Å². The van der Waals surface area contributed by atoms with Gasteiger partial charge in [-0.25, -0.2) is 4.98 Å². The van der Waals surface area contributed by atoms with E-state index in [0.717, 1.165) is 94.8 Å². The number of piperidine rings is 1. The van der Waals surface area contributed by atoms with Gasteiger partial charge < -0.3 is 14.7 Å². The Morgan fingerprint density at radius 2 is 1.69 bits per heavy atom. The van der Waals surface area contributed by atoms with Crippen molar-refractivity contribution in [2.45, 2.75) is 78.2 Å². The van der Waals surface area contributed by atoms with E-state index in [1.807, 2.05) is 52.9 Å². The number of piperazine rings is 1. The summed E-state index contributed by atoms with van der Waals surface area (Å²) in [5.74, 6) is -0.563. The van der Waals surface area contributed by atoms with E-state index >= 15 is 0 Å². The van der Waals surface area contributed by atoms with Crippen LogP contribution in [0.4, 0.5) is 5.69 Å². The molecule has 3 aromatic heterocycles. The van der Waals surface area contributed by atoms with Crippen LogP contribution in [0.15, 0.2) is 77.4 Å². The zero-order chi connectivity index (χ0) is 41.4. The van der Waals surface area contributed by atoms with Gasteiger partial charge >= 0.3 is 0 Å². The van der Waals surface area contributed by atoms with Gasteiger partial charge in [-0.3, -0.25) is 29.7 Å². The second-order valence-corrected chi connectivity index (χ2v) is 17.0. The predicted octanol–water partition coefficient (Wildman–Crippen LogP) is 6.97. The van der Waals surface area contributed by atoms with E-state index in [2.05, 4.69) is 102 Å². The van der Waals surface area contributed by atoms with E-state index in [1.54, 1.807) is 0 Å². The zero-order valence-electron chi connectivity index (χ0n) is 34.6. The molecule has 0 radical (unpaired) electrons. The molecule has 13 heteroatoms. The fourth-order valence-corrected chi connectivity index (χ4v) is 8.21. The van der Waals surface area contributed by atoms with Gasteiger partial charge in [0.1, 0.15) is 5.69 Å². The molecule has 3 amide bonds. The first-order valence-electron chi connectivity index (χ1n) is 20.4. The molecular weight excluding hydrogens is 743 g/mol. The number of anilines is 1. The standard InChI is InChI=1S/C46H51N9O4/c1-27-23-30(7-13-36(27)37-15-16-39(56)49-43(37)57)17-18-54-19-21-55(22-20-54)34-11-8-31(9-12-34)33-25-38-40(51-52-41(38)47-26-33)32-10-14-35(28(2)24-32)29(3)48-44(58)42-50-45(59-53-42)46(4,5)6/h7-14,23-26,29,37H,15-22H2,1-6H3,(H,48,58)(H,47,51,52)(H,49,56,57)/t29-,37?/m1/s1. The Bertz CT molecular complexity index is 2530. The molecule has 3 aromatic carbocycles. The number of fused-ring (bicyclic) bond motifs is 1. The van der Waals surface area contributed by atoms with E-state index in [-0.39, 0.29) is 40.9 Å². The van der Waals surface area contributed by atoms with Gasteiger partial charge in [-0.05, 0) is 91.3 Å². The lowest BCUT2D eigenvalue weighted by atomic mass is 9.87. The number of hydrogen-bond acceptors (Lipinski definition) is 10. The number of nitrogens with zero attached hydrogens (tertiary/aromatic N) is 6. The number of benzene rings is 3. The van der Waals surface area contributed by atoms with Gasteiger partial charge in [0.05, 0.1) is 12.0 Å². The number of hydrogen-bond donors (Lipinski definition) is 3. The Kier molecular flexibility index (Phi) is 10.9. The molecule has 2 atom stereocenters. The van der Waals surface area contributed by atoms with Crippen LogP contribution in [0.3, 0.4) is 0 Å². The lowest BCUT2D eigenvalue weighted by Gasteiger charge is -2.36. The second kappa shape index (κ2) is 16.2. The average Bonchev–Trinajstić information content (AvgIpc) is 3.90. The van der Waals surface area contributed by atoms with Crippen molar-refractivity contribution in [2.75, 3.05) is 37.6 Å². The van der Waals surface area contributed by atoms with Crippen molar-refractivity contribution in [1.82, 2.24) is 40.9 Å². The molecule has 0 bridgehead atoms. The summed E-state index contributed by atoms with van der Waals surface area (Å²) >= 11 is 0. The molecule has 0 aliphatic carbocycles. The van der Waals surface area contributed by atoms with Gasteiger partial charge in [0.15, 0.2) is 5.65 Å². The number of rotatable bonds is 10. The molecule has 0 spiro atoms. The molecule has 0 saturated carbocycles. The SMILES string of the molecule is Cc1cc(CCN2CCN(c3ccc(-c4cnc5[nH]nc(-c6ccc([C@@H](C)NC(=O)c7noc(C(C)(C)C)n7)c(C)c6)c5c4)cc3)CC2)ccc1C1CCC(=O)NC1=O. The summed E-state index contributed by atoms with van der Waals surface area (Å²) in [6.07, 6.45) is 3.80. The molecule has 5 heterocycles. The van der Waals surface area contributed by atoms with Crippen LogP contribution in [0.5, 0.6) is 0 Å². The topological polar surface area (TPSA) is 162 Å². The molecule has 3 N–H and O–H groups in total. The number of aromatic amines is 1. The van der Waals surface area contributed by atoms with Gasteiger partial charge in [-0.1, -0.05) is 68.4 Å². The number of carbonyl (C=O) groups excluding carboxylic acids is 3. The molecule has 1 unspecified atom stereocenters. The number of amides is 3. The first-order valence-corrected chi connectivity index (χ1v) is 20.4. The van der Waals surface area contributed by atoms with Crippen LogP contribution >= 0.6 is 0 Å². The second-order valence-electron chi connectivity index (χ2n) is 17.0. The van der Waals surface area contributed by atoms with Crippen LogP contribution in [0, 0.1) is 13.8 Å². The Morgan fingerprint density at radius 3 is 2.39 bits per heavy atom. The van der Waals surface area contributed by atoms with Crippen molar-refractivity contribution in [2.24, 2.45) is 0 Å². The largest absolute Gasteiger partial charge is 0.369 e. The van der Waals surface area contributed by atoms with E-state index in [9.17, 15) is 14.4 Å². The van der Waals surface area contributed by atoms with Gasteiger partial charge in [-0.15, -0.1) is 0 Å². The van der Waals surface area contributed by atoms with Crippen molar-refractivity contribution in [3.8, 4) is 22.4 Å². The third kappa shape index (κ3) is 8.52. The third-order valence-electron chi connectivity index (χ3n) is 11.6. The highest BCUT2D eigenvalue weighted by Gasteiger charge is 2.29. The summed E-state index contributed by atoms with van der Waals surface area (Å²) in [6, 6.07) is 23.1. The normalized spacial score (nSPS) is 17.0. The molecule has 13 nitrogen and oxygen atoms in total. The number of aromatic nitrogens is 5. The molecule has 8 rings (SSSR count). The smallest absolute Gasteiger partial charge is 0.293 e. The molecule has 2 aliphatic heterocycles. The summed E-state index contributed by atoms with van der Waals surface area (Å²) in [6.45, 7) is 16.8. The van der Waals surface area contributed by atoms with Gasteiger partial charge in [0.25, 0.3) is 11.7 Å². The summed E-state index contributed by atoms with van der Waals surface area (Å²) < 4.78 is 5.31. The van der Waals surface area contributed by atoms with Crippen molar-refractivity contribution in [3.05, 3.63) is 112 Å². The van der Waals surface area contributed by atoms with E-state index in [4.69, 9.17) is 9.51 Å². The molecule has 59 heavy (non-hydrogen) atoms. The lowest BCUT2D eigenvalue weighted by molar-refractivity contribution is -0.134. The van der Waals surface area contributed by atoms with E-state index in [1.165, 1.54) is 11.3 Å². The highest BCUT2D eigenvalue weighted by molar-refractivity contribution is 6.01. The van der Waals surface area contributed by atoms with Crippen LogP contribution in [0.1, 0.15) is 96.8 Å². The summed E-state index contributed by atoms with van der Waals surface area (Å²) in [4.78, 5) is 50.9. The number of imide groups is 1. The first-order chi connectivity index (χ1) is 28.3. The zero-order valence-corrected chi connectivity index (χ0v) is 34.6. The highest BCUT2D eigenvalue weighted by Crippen LogP contribution is 2.33. The Balaban J connectivity index is 0.870. The van der Waals surface area contributed by atoms with Gasteiger partial charge in [0.2, 0.25) is 17.7 Å². The molecule has 2 fully saturated rings. The van der Waals surface area contributed by atoms with Crippen LogP contribution in [0.2, 0.25) is 0 Å². The fourth-order valence-electron chi connectivity index (χ4n) is 8.21. The maximum absolute atomic E-state index is 12.9. The molecule has 304 valence electrons. The monoisotopic (exact) mass is 793 g/mol. The van der Waals surface area contributed by atoms with Crippen LogP contribution in [-0.4, -0.2) is 80.7 Å². The third-order valence-corrected chi connectivity index (χ3v) is 11.6. The number of carbonyl (C=O) groups is 3. The lowest BCUT2D eigenvalue weighted by Crippen LogP contribution is -2.47. The minimum atomic E-state index is -0.385. The number of aryl methyl sites for hydroxylation is 2. The van der Waals surface area contributed by atoms with Crippen LogP contribution in [0.25, 0.3) is 33.4 Å². The number of nitrogens with one attached hydrogen (secondary N) is 3. The average molecular weight is 794 g/mol. The fraction of sp³-hybridized carbons (Fsp3) is 0.370. The molecule has 2 saturated heterocycles. The molecular formula is C46H51N9O4. The first kappa shape index (κ1) is 39.6. The van der Waals surface area contributed by atoms with Crippen LogP contribution in [-0.2, 0) is 21.4 Å². The predicted molar refractivity (Wildman–Crippen MR) is 227 cm³/mol. The number of H-pyrrole nitrogens is 1. The van der Waals surface area contributed by atoms with Crippen molar-refractivity contribution < 1.29 is 18.9 Å². The number of pyridine rings is 1. The van der Waals surface area contributed by atoms with Gasteiger partial charge in [0, 0.05) is 73.0 Å². The summed E-state index contributed by atoms with van der Waals surface area (Å²) in [5.41, 5.74) is 10.8. The Labute approximate surface area is 344 Å². The quantitative estimate of drug-likeness (QED) is 0.124. The van der Waals surface area contributed by atoms with E-state index in [0.29, 0.717) is 18.7 Å². The van der Waals surface area contributed by atoms with Crippen molar-refractivity contribution >= 4 is 34.4 Å². The van der Waals surface area contributed by atoms with Gasteiger partial charge in [-0.2, -0.15) is 10.1 Å². The Morgan fingerprint density at radius 1 is 0.932 bits per heavy atom. The highest BCUT2D eigenvalue weighted by atomic mass is 16.5. The van der Waals surface area contributed by atoms with Crippen molar-refractivity contribution in [1.29, 1.82) is 0 Å². The maximum Gasteiger partial charge on any atom is 0.293 e. The van der Waals surface area contributed by atoms with Crippen molar-refractivity contribution in [3.63, 3.8) is 0 Å². The minimum absolute atomic E-state index is 0.0209. The molecule has 6 aromatic rings. The summed E-state index contributed by atoms with van der Waals surface area (Å²) in [7, 11) is 0. The van der Waals surface area contributed by atoms with Crippen LogP contribution < -0.4 is 15.5 Å². The maximum atomic E-state index is 12.9. The minimum Gasteiger partial charge on any atom is -0.369 e. The Hall–Kier alpha value is -6.21.